The molecular weight excluding hydrogens is 373 g/mol. The summed E-state index contributed by atoms with van der Waals surface area (Å²) in [5, 5.41) is 5.48. The van der Waals surface area contributed by atoms with E-state index in [2.05, 4.69) is 16.7 Å². The second kappa shape index (κ2) is 8.11. The molecule has 2 aromatic rings. The molecule has 0 radical (unpaired) electrons. The van der Waals surface area contributed by atoms with Crippen LogP contribution < -0.4 is 10.6 Å². The van der Waals surface area contributed by atoms with Crippen LogP contribution >= 0.6 is 0 Å². The molecule has 1 fully saturated rings. The molecular formula is C22H24FN3O3. The molecule has 1 heterocycles. The van der Waals surface area contributed by atoms with Crippen LogP contribution in [0.5, 0.6) is 0 Å². The summed E-state index contributed by atoms with van der Waals surface area (Å²) in [6.07, 6.45) is 1.35. The number of hydrogen-bond donors (Lipinski definition) is 2. The van der Waals surface area contributed by atoms with Gasteiger partial charge in [-0.1, -0.05) is 36.4 Å². The van der Waals surface area contributed by atoms with Gasteiger partial charge in [0.25, 0.3) is 0 Å². The third-order valence-electron chi connectivity index (χ3n) is 5.63. The number of ether oxygens (including phenoxy) is 1. The third-order valence-corrected chi connectivity index (χ3v) is 5.63. The van der Waals surface area contributed by atoms with E-state index in [1.54, 1.807) is 12.1 Å². The number of nitrogens with one attached hydrogen (secondary N) is 2. The van der Waals surface area contributed by atoms with Crippen LogP contribution in [0.1, 0.15) is 35.6 Å². The van der Waals surface area contributed by atoms with E-state index in [9.17, 15) is 14.0 Å². The molecule has 2 N–H and O–H groups in total. The molecule has 1 atom stereocenters. The van der Waals surface area contributed by atoms with Crippen molar-refractivity contribution in [3.63, 3.8) is 0 Å². The Bertz CT molecular complexity index is 896. The first kappa shape index (κ1) is 19.2. The van der Waals surface area contributed by atoms with Crippen molar-refractivity contribution in [3.05, 3.63) is 71.0 Å². The third kappa shape index (κ3) is 4.04. The lowest BCUT2D eigenvalue weighted by Crippen LogP contribution is -2.54. The van der Waals surface area contributed by atoms with Crippen LogP contribution in [0.25, 0.3) is 0 Å². The van der Waals surface area contributed by atoms with E-state index >= 15 is 0 Å². The molecule has 152 valence electrons. The summed E-state index contributed by atoms with van der Waals surface area (Å²) in [5.41, 5.74) is 3.15. The van der Waals surface area contributed by atoms with Gasteiger partial charge in [0.15, 0.2) is 0 Å². The number of hydrogen-bond acceptors (Lipinski definition) is 3. The first-order valence-electron chi connectivity index (χ1n) is 9.84. The zero-order chi connectivity index (χ0) is 20.4. The maximum absolute atomic E-state index is 13.5. The summed E-state index contributed by atoms with van der Waals surface area (Å²) in [6.45, 7) is 0.579. The molecule has 0 bridgehead atoms. The summed E-state index contributed by atoms with van der Waals surface area (Å²) in [6, 6.07) is 13.9. The number of rotatable bonds is 3. The second-order valence-electron chi connectivity index (χ2n) is 7.49. The number of alkyl carbamates (subject to hydrolysis) is 1. The van der Waals surface area contributed by atoms with E-state index in [1.165, 1.54) is 24.7 Å². The molecule has 1 aliphatic carbocycles. The largest absolute Gasteiger partial charge is 0.446 e. The van der Waals surface area contributed by atoms with Crippen molar-refractivity contribution in [1.29, 1.82) is 0 Å². The highest BCUT2D eigenvalue weighted by atomic mass is 19.1. The Morgan fingerprint density at radius 2 is 1.83 bits per heavy atom. The highest BCUT2D eigenvalue weighted by Crippen LogP contribution is 2.35. The molecule has 6 nitrogen and oxygen atoms in total. The number of benzene rings is 2. The molecule has 4 rings (SSSR count). The van der Waals surface area contributed by atoms with E-state index in [4.69, 9.17) is 4.74 Å². The van der Waals surface area contributed by atoms with Crippen LogP contribution in [0, 0.1) is 5.82 Å². The Labute approximate surface area is 169 Å². The minimum Gasteiger partial charge on any atom is -0.446 e. The highest BCUT2D eigenvalue weighted by molar-refractivity contribution is 5.76. The van der Waals surface area contributed by atoms with E-state index in [0.717, 1.165) is 17.5 Å². The van der Waals surface area contributed by atoms with Gasteiger partial charge < -0.3 is 20.3 Å². The van der Waals surface area contributed by atoms with Crippen LogP contribution in [-0.2, 0) is 11.2 Å². The summed E-state index contributed by atoms with van der Waals surface area (Å²) in [7, 11) is 1.52. The normalized spacial score (nSPS) is 22.8. The van der Waals surface area contributed by atoms with Gasteiger partial charge >= 0.3 is 12.1 Å². The summed E-state index contributed by atoms with van der Waals surface area (Å²) in [5.74, 6) is -0.300. The van der Waals surface area contributed by atoms with Crippen LogP contribution in [-0.4, -0.2) is 42.8 Å². The fraction of sp³-hybridized carbons (Fsp3) is 0.364. The molecule has 2 aliphatic rings. The summed E-state index contributed by atoms with van der Waals surface area (Å²) in [4.78, 5) is 26.2. The minimum absolute atomic E-state index is 0.0248. The van der Waals surface area contributed by atoms with Gasteiger partial charge in [-0.3, -0.25) is 0 Å². The first-order chi connectivity index (χ1) is 14.0. The van der Waals surface area contributed by atoms with Crippen molar-refractivity contribution in [1.82, 2.24) is 15.5 Å². The van der Waals surface area contributed by atoms with Gasteiger partial charge in [0, 0.05) is 32.5 Å². The zero-order valence-electron chi connectivity index (χ0n) is 16.2. The average Bonchev–Trinajstić information content (AvgIpc) is 2.71. The summed E-state index contributed by atoms with van der Waals surface area (Å²) >= 11 is 0. The number of fused-ring (bicyclic) bond motifs is 1. The Kier molecular flexibility index (Phi) is 5.38. The number of nitrogens with zero attached hydrogens (tertiary/aromatic N) is 1. The highest BCUT2D eigenvalue weighted by Gasteiger charge is 2.37. The molecule has 29 heavy (non-hydrogen) atoms. The number of amides is 3. The van der Waals surface area contributed by atoms with Gasteiger partial charge in [-0.15, -0.1) is 0 Å². The molecule has 0 spiro atoms. The Morgan fingerprint density at radius 3 is 2.55 bits per heavy atom. The molecule has 0 saturated heterocycles. The van der Waals surface area contributed by atoms with Crippen LogP contribution in [0.4, 0.5) is 14.0 Å². The maximum Gasteiger partial charge on any atom is 0.407 e. The quantitative estimate of drug-likeness (QED) is 0.834. The van der Waals surface area contributed by atoms with Gasteiger partial charge in [0.1, 0.15) is 11.9 Å². The first-order valence-corrected chi connectivity index (χ1v) is 9.84. The predicted octanol–water partition coefficient (Wildman–Crippen LogP) is 3.37. The molecule has 3 amide bonds. The lowest BCUT2D eigenvalue weighted by atomic mass is 9.87. The second-order valence-corrected chi connectivity index (χ2v) is 7.49. The Hall–Kier alpha value is -3.09. The van der Waals surface area contributed by atoms with Crippen molar-refractivity contribution in [2.24, 2.45) is 0 Å². The van der Waals surface area contributed by atoms with Gasteiger partial charge in [0.2, 0.25) is 0 Å². The van der Waals surface area contributed by atoms with E-state index in [0.29, 0.717) is 19.4 Å². The standard InChI is InChI=1S/C22H24FN3O3/c1-24-22(28)29-18-12-17(13-18)25-21(27)26-11-10-14-4-2-3-5-19(14)20(26)15-6-8-16(23)9-7-15/h2-9,17-18,20H,10-13H2,1H3,(H,24,28)(H,25,27)/t17-,18+,20-/m0/s1. The summed E-state index contributed by atoms with van der Waals surface area (Å²) < 4.78 is 18.6. The van der Waals surface area contributed by atoms with Crippen LogP contribution in [0.2, 0.25) is 0 Å². The predicted molar refractivity (Wildman–Crippen MR) is 106 cm³/mol. The van der Waals surface area contributed by atoms with Gasteiger partial charge in [-0.05, 0) is 35.2 Å². The van der Waals surface area contributed by atoms with Crippen molar-refractivity contribution in [2.75, 3.05) is 13.6 Å². The molecule has 0 aromatic heterocycles. The molecule has 0 unspecified atom stereocenters. The maximum atomic E-state index is 13.5. The minimum atomic E-state index is -0.455. The number of urea groups is 1. The molecule has 1 aliphatic heterocycles. The lowest BCUT2D eigenvalue weighted by molar-refractivity contribution is 0.0339. The van der Waals surface area contributed by atoms with Crippen molar-refractivity contribution >= 4 is 12.1 Å². The lowest BCUT2D eigenvalue weighted by Gasteiger charge is -2.41. The van der Waals surface area contributed by atoms with Gasteiger partial charge in [-0.25, -0.2) is 14.0 Å². The number of carbonyl (C=O) groups is 2. The Balaban J connectivity index is 1.49. The monoisotopic (exact) mass is 397 g/mol. The fourth-order valence-corrected chi connectivity index (χ4v) is 4.04. The van der Waals surface area contributed by atoms with E-state index in [-0.39, 0.29) is 30.0 Å². The number of carbonyl (C=O) groups excluding carboxylic acids is 2. The van der Waals surface area contributed by atoms with Crippen LogP contribution in [0.3, 0.4) is 0 Å². The zero-order valence-corrected chi connectivity index (χ0v) is 16.2. The SMILES string of the molecule is CNC(=O)O[C@H]1C[C@@H](NC(=O)N2CCc3ccccc3[C@@H]2c2ccc(F)cc2)C1. The van der Waals surface area contributed by atoms with Crippen molar-refractivity contribution in [2.45, 2.75) is 37.5 Å². The fourth-order valence-electron chi connectivity index (χ4n) is 4.04. The molecule has 1 saturated carbocycles. The van der Waals surface area contributed by atoms with Crippen LogP contribution in [0.15, 0.2) is 48.5 Å². The topological polar surface area (TPSA) is 70.7 Å². The average molecular weight is 397 g/mol. The van der Waals surface area contributed by atoms with E-state index < -0.39 is 6.09 Å². The smallest absolute Gasteiger partial charge is 0.407 e. The van der Waals surface area contributed by atoms with Gasteiger partial charge in [-0.2, -0.15) is 0 Å². The number of halogens is 1. The van der Waals surface area contributed by atoms with Crippen molar-refractivity contribution < 1.29 is 18.7 Å². The molecule has 2 aromatic carbocycles. The Morgan fingerprint density at radius 1 is 1.10 bits per heavy atom. The van der Waals surface area contributed by atoms with E-state index in [1.807, 2.05) is 23.1 Å². The van der Waals surface area contributed by atoms with Crippen molar-refractivity contribution in [3.8, 4) is 0 Å². The molecule has 7 heteroatoms. The van der Waals surface area contributed by atoms with Gasteiger partial charge in [0.05, 0.1) is 6.04 Å².